The van der Waals surface area contributed by atoms with Crippen LogP contribution in [0.1, 0.15) is 46.0 Å². The van der Waals surface area contributed by atoms with Crippen LogP contribution in [0.4, 0.5) is 0 Å². The van der Waals surface area contributed by atoms with Gasteiger partial charge in [0.05, 0.1) is 0 Å². The molecule has 3 heteroatoms. The normalized spacial score (nSPS) is 28.5. The van der Waals surface area contributed by atoms with Crippen LogP contribution in [0.25, 0.3) is 0 Å². The summed E-state index contributed by atoms with van der Waals surface area (Å²) in [7, 11) is 0. The number of amides is 1. The Kier molecular flexibility index (Phi) is 5.09. The molecule has 15 heavy (non-hydrogen) atoms. The Labute approximate surface area is 92.8 Å². The number of carbonyl (C=O) groups is 1. The lowest BCUT2D eigenvalue weighted by molar-refractivity contribution is -0.126. The molecule has 1 amide bonds. The highest BCUT2D eigenvalue weighted by molar-refractivity contribution is 5.78. The van der Waals surface area contributed by atoms with Crippen molar-refractivity contribution in [3.8, 4) is 0 Å². The van der Waals surface area contributed by atoms with E-state index in [4.69, 9.17) is 5.73 Å². The van der Waals surface area contributed by atoms with E-state index in [0.29, 0.717) is 0 Å². The molecule has 0 spiro atoms. The molecular weight excluding hydrogens is 188 g/mol. The highest BCUT2D eigenvalue weighted by Crippen LogP contribution is 2.28. The van der Waals surface area contributed by atoms with Gasteiger partial charge in [-0.25, -0.2) is 0 Å². The average molecular weight is 212 g/mol. The quantitative estimate of drug-likeness (QED) is 0.744. The van der Waals surface area contributed by atoms with Crippen molar-refractivity contribution in [3.05, 3.63) is 0 Å². The summed E-state index contributed by atoms with van der Waals surface area (Å²) in [6, 6.07) is 0.177. The van der Waals surface area contributed by atoms with E-state index in [-0.39, 0.29) is 17.9 Å². The molecule has 88 valence electrons. The Morgan fingerprint density at radius 2 is 2.00 bits per heavy atom. The minimum atomic E-state index is 0.177. The van der Waals surface area contributed by atoms with Crippen LogP contribution < -0.4 is 11.1 Å². The zero-order valence-electron chi connectivity index (χ0n) is 9.96. The van der Waals surface area contributed by atoms with Gasteiger partial charge in [0.1, 0.15) is 0 Å². The van der Waals surface area contributed by atoms with Gasteiger partial charge in [0, 0.05) is 18.5 Å². The topological polar surface area (TPSA) is 55.1 Å². The predicted molar refractivity (Wildman–Crippen MR) is 62.4 cm³/mol. The number of hydrogen-bond acceptors (Lipinski definition) is 2. The van der Waals surface area contributed by atoms with E-state index in [9.17, 15) is 4.79 Å². The number of nitrogens with two attached hydrogens (primary N) is 1. The van der Waals surface area contributed by atoms with Gasteiger partial charge in [-0.1, -0.05) is 6.92 Å². The smallest absolute Gasteiger partial charge is 0.223 e. The molecule has 1 unspecified atom stereocenters. The van der Waals surface area contributed by atoms with Crippen molar-refractivity contribution in [3.63, 3.8) is 0 Å². The van der Waals surface area contributed by atoms with Gasteiger partial charge in [-0.15, -0.1) is 0 Å². The summed E-state index contributed by atoms with van der Waals surface area (Å²) in [6.07, 6.45) is 5.39. The number of rotatable bonds is 4. The van der Waals surface area contributed by atoms with Crippen LogP contribution in [0, 0.1) is 11.8 Å². The molecule has 0 aliphatic heterocycles. The fraction of sp³-hybridized carbons (Fsp3) is 0.917. The summed E-state index contributed by atoms with van der Waals surface area (Å²) in [6.45, 7) is 4.96. The number of nitrogens with one attached hydrogen (secondary N) is 1. The molecule has 0 heterocycles. The Balaban J connectivity index is 2.17. The lowest BCUT2D eigenvalue weighted by Crippen LogP contribution is -2.35. The molecule has 0 aromatic heterocycles. The van der Waals surface area contributed by atoms with Gasteiger partial charge in [0.15, 0.2) is 0 Å². The summed E-state index contributed by atoms with van der Waals surface area (Å²) >= 11 is 0. The summed E-state index contributed by atoms with van der Waals surface area (Å²) in [5.74, 6) is 1.30. The molecule has 0 aromatic carbocycles. The largest absolute Gasteiger partial charge is 0.356 e. The maximum absolute atomic E-state index is 11.7. The minimum absolute atomic E-state index is 0.177. The minimum Gasteiger partial charge on any atom is -0.356 e. The van der Waals surface area contributed by atoms with Crippen LogP contribution in [-0.4, -0.2) is 18.5 Å². The second-order valence-corrected chi connectivity index (χ2v) is 5.01. The molecular formula is C12H24N2O. The van der Waals surface area contributed by atoms with E-state index in [2.05, 4.69) is 12.2 Å². The standard InChI is InChI=1S/C12H24N2O/c1-9-3-5-11(6-4-9)12(15)14-8-7-10(2)13/h9-11H,3-8,13H2,1-2H3,(H,14,15). The van der Waals surface area contributed by atoms with Crippen molar-refractivity contribution >= 4 is 5.91 Å². The van der Waals surface area contributed by atoms with Crippen molar-refractivity contribution in [2.24, 2.45) is 17.6 Å². The lowest BCUT2D eigenvalue weighted by Gasteiger charge is -2.25. The monoisotopic (exact) mass is 212 g/mol. The van der Waals surface area contributed by atoms with Crippen molar-refractivity contribution in [2.75, 3.05) is 6.54 Å². The van der Waals surface area contributed by atoms with Crippen LogP contribution in [-0.2, 0) is 4.79 Å². The van der Waals surface area contributed by atoms with Crippen LogP contribution in [0.5, 0.6) is 0 Å². The third-order valence-electron chi connectivity index (χ3n) is 3.29. The molecule has 1 saturated carbocycles. The average Bonchev–Trinajstić information content (AvgIpc) is 2.18. The fourth-order valence-corrected chi connectivity index (χ4v) is 2.09. The van der Waals surface area contributed by atoms with Crippen LogP contribution >= 0.6 is 0 Å². The van der Waals surface area contributed by atoms with E-state index in [1.54, 1.807) is 0 Å². The first-order chi connectivity index (χ1) is 7.09. The predicted octanol–water partition coefficient (Wildman–Crippen LogP) is 1.67. The first-order valence-corrected chi connectivity index (χ1v) is 6.13. The second-order valence-electron chi connectivity index (χ2n) is 5.01. The molecule has 3 N–H and O–H groups in total. The molecule has 0 bridgehead atoms. The highest BCUT2D eigenvalue weighted by atomic mass is 16.1. The van der Waals surface area contributed by atoms with Crippen molar-refractivity contribution < 1.29 is 4.79 Å². The van der Waals surface area contributed by atoms with Gasteiger partial charge in [-0.3, -0.25) is 4.79 Å². The van der Waals surface area contributed by atoms with Gasteiger partial charge in [0.2, 0.25) is 5.91 Å². The van der Waals surface area contributed by atoms with E-state index in [1.165, 1.54) is 12.8 Å². The Bertz CT molecular complexity index is 196. The lowest BCUT2D eigenvalue weighted by atomic mass is 9.82. The third kappa shape index (κ3) is 4.65. The number of hydrogen-bond donors (Lipinski definition) is 2. The summed E-state index contributed by atoms with van der Waals surface area (Å²) in [5, 5.41) is 2.98. The Morgan fingerprint density at radius 1 is 1.40 bits per heavy atom. The van der Waals surface area contributed by atoms with Gasteiger partial charge in [-0.2, -0.15) is 0 Å². The summed E-state index contributed by atoms with van der Waals surface area (Å²) in [4.78, 5) is 11.7. The Morgan fingerprint density at radius 3 is 2.53 bits per heavy atom. The first-order valence-electron chi connectivity index (χ1n) is 6.13. The fourth-order valence-electron chi connectivity index (χ4n) is 2.09. The second kappa shape index (κ2) is 6.11. The van der Waals surface area contributed by atoms with E-state index in [1.807, 2.05) is 6.92 Å². The molecule has 1 aliphatic carbocycles. The summed E-state index contributed by atoms with van der Waals surface area (Å²) in [5.41, 5.74) is 5.62. The van der Waals surface area contributed by atoms with Gasteiger partial charge >= 0.3 is 0 Å². The van der Waals surface area contributed by atoms with Crippen LogP contribution in [0.3, 0.4) is 0 Å². The van der Waals surface area contributed by atoms with Gasteiger partial charge < -0.3 is 11.1 Å². The highest BCUT2D eigenvalue weighted by Gasteiger charge is 2.23. The van der Waals surface area contributed by atoms with E-state index < -0.39 is 0 Å². The third-order valence-corrected chi connectivity index (χ3v) is 3.29. The molecule has 0 saturated heterocycles. The molecule has 1 atom stereocenters. The maximum atomic E-state index is 11.7. The van der Waals surface area contributed by atoms with E-state index in [0.717, 1.165) is 31.7 Å². The van der Waals surface area contributed by atoms with Gasteiger partial charge in [-0.05, 0) is 44.9 Å². The first kappa shape index (κ1) is 12.5. The van der Waals surface area contributed by atoms with Crippen LogP contribution in [0.15, 0.2) is 0 Å². The molecule has 0 aromatic rings. The zero-order valence-corrected chi connectivity index (χ0v) is 9.96. The number of carbonyl (C=O) groups excluding carboxylic acids is 1. The van der Waals surface area contributed by atoms with Crippen molar-refractivity contribution in [2.45, 2.75) is 52.0 Å². The van der Waals surface area contributed by atoms with Gasteiger partial charge in [0.25, 0.3) is 0 Å². The Hall–Kier alpha value is -0.570. The van der Waals surface area contributed by atoms with E-state index >= 15 is 0 Å². The zero-order chi connectivity index (χ0) is 11.3. The molecule has 1 rings (SSSR count). The SMILES string of the molecule is CC(N)CCNC(=O)C1CCC(C)CC1. The summed E-state index contributed by atoms with van der Waals surface area (Å²) < 4.78 is 0. The molecule has 1 fully saturated rings. The molecule has 3 nitrogen and oxygen atoms in total. The molecule has 1 aliphatic rings. The van der Waals surface area contributed by atoms with Crippen LogP contribution in [0.2, 0.25) is 0 Å². The molecule has 0 radical (unpaired) electrons. The van der Waals surface area contributed by atoms with Crippen molar-refractivity contribution in [1.82, 2.24) is 5.32 Å². The maximum Gasteiger partial charge on any atom is 0.223 e. The van der Waals surface area contributed by atoms with Crippen molar-refractivity contribution in [1.29, 1.82) is 0 Å².